The lowest BCUT2D eigenvalue weighted by Crippen LogP contribution is -2.38. The van der Waals surface area contributed by atoms with Crippen LogP contribution < -0.4 is 10.1 Å². The molecule has 0 fully saturated rings. The normalized spacial score (nSPS) is 18.7. The predicted octanol–water partition coefficient (Wildman–Crippen LogP) is 0.861. The second-order valence-corrected chi connectivity index (χ2v) is 3.19. The molecule has 1 aliphatic rings. The molecular weight excluding hydrogens is 198 g/mol. The summed E-state index contributed by atoms with van der Waals surface area (Å²) >= 11 is 0. The molecule has 0 unspecified atom stereocenters. The van der Waals surface area contributed by atoms with Crippen molar-refractivity contribution in [2.75, 3.05) is 5.32 Å². The van der Waals surface area contributed by atoms with Gasteiger partial charge in [0.2, 0.25) is 0 Å². The van der Waals surface area contributed by atoms with E-state index >= 15 is 0 Å². The number of carbonyl (C=O) groups excluding carboxylic acids is 1. The quantitative estimate of drug-likeness (QED) is 0.754. The van der Waals surface area contributed by atoms with Crippen molar-refractivity contribution in [1.29, 1.82) is 0 Å². The Kier molecular flexibility index (Phi) is 2.29. The van der Waals surface area contributed by atoms with Crippen LogP contribution in [0.25, 0.3) is 0 Å². The van der Waals surface area contributed by atoms with Gasteiger partial charge in [0.15, 0.2) is 6.10 Å². The molecule has 1 aromatic carbocycles. The van der Waals surface area contributed by atoms with E-state index in [2.05, 4.69) is 5.32 Å². The molecule has 1 aliphatic heterocycles. The lowest BCUT2D eigenvalue weighted by Gasteiger charge is -2.24. The Balaban J connectivity index is 2.22. The van der Waals surface area contributed by atoms with Gasteiger partial charge in [0, 0.05) is 0 Å². The second-order valence-electron chi connectivity index (χ2n) is 3.19. The molecule has 0 aromatic heterocycles. The van der Waals surface area contributed by atoms with E-state index < -0.39 is 18.0 Å². The topological polar surface area (TPSA) is 75.6 Å². The number of hydrogen-bond acceptors (Lipinski definition) is 3. The Morgan fingerprint density at radius 2 is 2.20 bits per heavy atom. The molecule has 78 valence electrons. The standard InChI is InChI=1S/C10H9NO4/c12-9(13)5-8-10(14)11-6-3-1-2-4-7(6)15-8/h1-4,8H,5H2,(H,11,14)(H,12,13)/t8-/m0/s1. The highest BCUT2D eigenvalue weighted by Crippen LogP contribution is 2.29. The van der Waals surface area contributed by atoms with Crippen molar-refractivity contribution in [2.24, 2.45) is 0 Å². The van der Waals surface area contributed by atoms with Gasteiger partial charge in [-0.1, -0.05) is 12.1 Å². The van der Waals surface area contributed by atoms with Gasteiger partial charge in [-0.15, -0.1) is 0 Å². The van der Waals surface area contributed by atoms with Crippen molar-refractivity contribution in [1.82, 2.24) is 0 Å². The minimum atomic E-state index is -1.06. The number of nitrogens with one attached hydrogen (secondary N) is 1. The van der Waals surface area contributed by atoms with Gasteiger partial charge in [-0.05, 0) is 12.1 Å². The largest absolute Gasteiger partial charge is 0.481 e. The maximum absolute atomic E-state index is 11.4. The summed E-state index contributed by atoms with van der Waals surface area (Å²) in [6.07, 6.45) is -1.28. The Morgan fingerprint density at radius 1 is 1.47 bits per heavy atom. The molecule has 1 atom stereocenters. The monoisotopic (exact) mass is 207 g/mol. The van der Waals surface area contributed by atoms with Gasteiger partial charge in [-0.2, -0.15) is 0 Å². The van der Waals surface area contributed by atoms with Crippen LogP contribution in [0.2, 0.25) is 0 Å². The molecule has 0 saturated heterocycles. The molecule has 0 saturated carbocycles. The van der Waals surface area contributed by atoms with Crippen molar-refractivity contribution in [3.8, 4) is 5.75 Å². The molecule has 1 heterocycles. The maximum atomic E-state index is 11.4. The average Bonchev–Trinajstić information content (AvgIpc) is 2.18. The molecule has 5 heteroatoms. The zero-order valence-electron chi connectivity index (χ0n) is 7.77. The van der Waals surface area contributed by atoms with Gasteiger partial charge in [0.25, 0.3) is 5.91 Å². The number of fused-ring (bicyclic) bond motifs is 1. The van der Waals surface area contributed by atoms with Gasteiger partial charge in [-0.25, -0.2) is 0 Å². The fraction of sp³-hybridized carbons (Fsp3) is 0.200. The van der Waals surface area contributed by atoms with E-state index in [0.717, 1.165) is 0 Å². The van der Waals surface area contributed by atoms with E-state index in [0.29, 0.717) is 11.4 Å². The first-order valence-corrected chi connectivity index (χ1v) is 4.45. The number of benzene rings is 1. The van der Waals surface area contributed by atoms with Gasteiger partial charge >= 0.3 is 5.97 Å². The van der Waals surface area contributed by atoms with Crippen LogP contribution in [0.15, 0.2) is 24.3 Å². The number of carboxylic acid groups (broad SMARTS) is 1. The SMILES string of the molecule is O=C(O)C[C@@H]1Oc2ccccc2NC1=O. The maximum Gasteiger partial charge on any atom is 0.307 e. The van der Waals surface area contributed by atoms with Crippen LogP contribution in [-0.4, -0.2) is 23.1 Å². The number of para-hydroxylation sites is 2. The van der Waals surface area contributed by atoms with Gasteiger partial charge in [0.05, 0.1) is 12.1 Å². The van der Waals surface area contributed by atoms with E-state index in [1.807, 2.05) is 0 Å². The minimum absolute atomic E-state index is 0.333. The van der Waals surface area contributed by atoms with Gasteiger partial charge in [0.1, 0.15) is 5.75 Å². The summed E-state index contributed by atoms with van der Waals surface area (Å²) in [4.78, 5) is 21.9. The van der Waals surface area contributed by atoms with E-state index in [1.165, 1.54) is 0 Å². The third-order valence-corrected chi connectivity index (χ3v) is 2.07. The fourth-order valence-corrected chi connectivity index (χ4v) is 1.39. The van der Waals surface area contributed by atoms with E-state index in [9.17, 15) is 9.59 Å². The molecule has 1 aromatic rings. The number of hydrogen-bond donors (Lipinski definition) is 2. The summed E-state index contributed by atoms with van der Waals surface area (Å²) in [6.45, 7) is 0. The smallest absolute Gasteiger partial charge is 0.307 e. The van der Waals surface area contributed by atoms with Crippen LogP contribution in [0.1, 0.15) is 6.42 Å². The molecule has 2 rings (SSSR count). The molecule has 0 bridgehead atoms. The molecular formula is C10H9NO4. The van der Waals surface area contributed by atoms with Crippen molar-refractivity contribution in [3.63, 3.8) is 0 Å². The third-order valence-electron chi connectivity index (χ3n) is 2.07. The van der Waals surface area contributed by atoms with Crippen LogP contribution in [0.3, 0.4) is 0 Å². The molecule has 0 radical (unpaired) electrons. The number of amides is 1. The number of aliphatic carboxylic acids is 1. The molecule has 1 amide bonds. The highest BCUT2D eigenvalue weighted by atomic mass is 16.5. The summed E-state index contributed by atoms with van der Waals surface area (Å²) < 4.78 is 5.26. The molecule has 2 N–H and O–H groups in total. The summed E-state index contributed by atoms with van der Waals surface area (Å²) in [5.74, 6) is -0.978. The van der Waals surface area contributed by atoms with Crippen LogP contribution >= 0.6 is 0 Å². The Labute approximate surface area is 85.7 Å². The second kappa shape index (κ2) is 3.61. The number of anilines is 1. The van der Waals surface area contributed by atoms with Crippen LogP contribution in [-0.2, 0) is 9.59 Å². The molecule has 15 heavy (non-hydrogen) atoms. The lowest BCUT2D eigenvalue weighted by molar-refractivity contribution is -0.142. The zero-order valence-corrected chi connectivity index (χ0v) is 7.77. The molecule has 0 aliphatic carbocycles. The first-order chi connectivity index (χ1) is 7.16. The first kappa shape index (κ1) is 9.51. The van der Waals surface area contributed by atoms with Crippen molar-refractivity contribution >= 4 is 17.6 Å². The van der Waals surface area contributed by atoms with Crippen LogP contribution in [0.4, 0.5) is 5.69 Å². The van der Waals surface area contributed by atoms with E-state index in [1.54, 1.807) is 24.3 Å². The number of ether oxygens (including phenoxy) is 1. The Bertz CT molecular complexity index is 416. The molecule has 0 spiro atoms. The summed E-state index contributed by atoms with van der Waals surface area (Å²) in [7, 11) is 0. The Morgan fingerprint density at radius 3 is 2.93 bits per heavy atom. The van der Waals surface area contributed by atoms with E-state index in [-0.39, 0.29) is 6.42 Å². The summed E-state index contributed by atoms with van der Waals surface area (Å²) in [6, 6.07) is 6.90. The first-order valence-electron chi connectivity index (χ1n) is 4.45. The van der Waals surface area contributed by atoms with Crippen molar-refractivity contribution in [3.05, 3.63) is 24.3 Å². The Hall–Kier alpha value is -2.04. The lowest BCUT2D eigenvalue weighted by atomic mass is 10.2. The van der Waals surface area contributed by atoms with Gasteiger partial charge < -0.3 is 15.2 Å². The highest BCUT2D eigenvalue weighted by Gasteiger charge is 2.29. The predicted molar refractivity (Wildman–Crippen MR) is 51.7 cm³/mol. The number of carboxylic acids is 1. The summed E-state index contributed by atoms with van der Waals surface area (Å²) in [5, 5.41) is 11.2. The minimum Gasteiger partial charge on any atom is -0.481 e. The zero-order chi connectivity index (χ0) is 10.8. The van der Waals surface area contributed by atoms with Crippen molar-refractivity contribution < 1.29 is 19.4 Å². The van der Waals surface area contributed by atoms with Gasteiger partial charge in [-0.3, -0.25) is 9.59 Å². The highest BCUT2D eigenvalue weighted by molar-refractivity contribution is 5.99. The average molecular weight is 207 g/mol. The number of rotatable bonds is 2. The van der Waals surface area contributed by atoms with E-state index in [4.69, 9.17) is 9.84 Å². The van der Waals surface area contributed by atoms with Crippen molar-refractivity contribution in [2.45, 2.75) is 12.5 Å². The van der Waals surface area contributed by atoms with Crippen LogP contribution in [0, 0.1) is 0 Å². The fourth-order valence-electron chi connectivity index (χ4n) is 1.39. The molecule has 5 nitrogen and oxygen atoms in total. The van der Waals surface area contributed by atoms with Crippen LogP contribution in [0.5, 0.6) is 5.75 Å². The summed E-state index contributed by atoms with van der Waals surface area (Å²) in [5.41, 5.74) is 0.573. The number of carbonyl (C=O) groups is 2. The third kappa shape index (κ3) is 1.90.